The molecule has 0 saturated heterocycles. The van der Waals surface area contributed by atoms with Crippen LogP contribution in [0.4, 0.5) is 5.69 Å². The summed E-state index contributed by atoms with van der Waals surface area (Å²) in [5.74, 6) is -0.557. The number of hydrogen-bond donors (Lipinski definition) is 1. The van der Waals surface area contributed by atoms with E-state index < -0.39 is 28.5 Å². The molecular weight excluding hydrogens is 513 g/mol. The van der Waals surface area contributed by atoms with Crippen molar-refractivity contribution in [3.05, 3.63) is 58.1 Å². The summed E-state index contributed by atoms with van der Waals surface area (Å²) in [5.41, 5.74) is 0.824. The summed E-state index contributed by atoms with van der Waals surface area (Å²) in [4.78, 5) is 27.8. The van der Waals surface area contributed by atoms with E-state index in [9.17, 15) is 18.0 Å². The molecule has 11 heteroatoms. The maximum Gasteiger partial charge on any atom is 0.244 e. The third kappa shape index (κ3) is 7.75. The summed E-state index contributed by atoms with van der Waals surface area (Å²) in [7, 11) is -2.43. The van der Waals surface area contributed by atoms with Gasteiger partial charge in [-0.15, -0.1) is 0 Å². The first-order valence-electron chi connectivity index (χ1n) is 11.0. The van der Waals surface area contributed by atoms with E-state index >= 15 is 0 Å². The lowest BCUT2D eigenvalue weighted by Crippen LogP contribution is -2.52. The number of sulfonamides is 1. The lowest BCUT2D eigenvalue weighted by molar-refractivity contribution is -0.139. The van der Waals surface area contributed by atoms with Crippen molar-refractivity contribution < 1.29 is 22.7 Å². The molecule has 35 heavy (non-hydrogen) atoms. The van der Waals surface area contributed by atoms with Crippen LogP contribution in [0.15, 0.2) is 42.5 Å². The molecule has 0 fully saturated rings. The molecule has 2 amide bonds. The molecule has 8 nitrogen and oxygen atoms in total. The van der Waals surface area contributed by atoms with E-state index in [4.69, 9.17) is 27.9 Å². The van der Waals surface area contributed by atoms with Crippen molar-refractivity contribution in [3.63, 3.8) is 0 Å². The summed E-state index contributed by atoms with van der Waals surface area (Å²) in [5, 5.41) is 3.50. The van der Waals surface area contributed by atoms with E-state index in [1.807, 2.05) is 13.8 Å². The van der Waals surface area contributed by atoms with Crippen molar-refractivity contribution in [2.75, 3.05) is 24.2 Å². The fourth-order valence-electron chi connectivity index (χ4n) is 3.28. The molecule has 0 heterocycles. The monoisotopic (exact) mass is 543 g/mol. The Bertz CT molecular complexity index is 1160. The van der Waals surface area contributed by atoms with Gasteiger partial charge in [-0.1, -0.05) is 48.3 Å². The maximum atomic E-state index is 13.5. The van der Waals surface area contributed by atoms with Crippen LogP contribution in [0.1, 0.15) is 32.8 Å². The number of anilines is 1. The number of nitrogens with zero attached hydrogens (tertiary/aromatic N) is 2. The number of rotatable bonds is 11. The lowest BCUT2D eigenvalue weighted by Gasteiger charge is -2.32. The Hall–Kier alpha value is -2.49. The predicted octanol–water partition coefficient (Wildman–Crippen LogP) is 4.10. The second-order valence-corrected chi connectivity index (χ2v) is 10.9. The fourth-order valence-corrected chi connectivity index (χ4v) is 4.57. The van der Waals surface area contributed by atoms with E-state index in [1.54, 1.807) is 31.2 Å². The molecule has 2 aromatic rings. The number of methoxy groups -OCH3 is 1. The Kier molecular flexibility index (Phi) is 10.2. The van der Waals surface area contributed by atoms with Crippen LogP contribution < -0.4 is 14.4 Å². The molecule has 2 atom stereocenters. The molecule has 0 aromatic heterocycles. The molecule has 0 radical (unpaired) electrons. The number of carbonyl (C=O) groups excluding carboxylic acids is 2. The van der Waals surface area contributed by atoms with Gasteiger partial charge < -0.3 is 15.0 Å². The standard InChI is InChI=1S/C24H31Cl2N3O5S/c1-6-16(2)27-24(31)17(3)28(14-18-9-7-8-10-20(18)25)23(30)15-29(35(5,32)33)19-11-12-22(34-4)21(26)13-19/h7-13,16-17H,6,14-15H2,1-5H3,(H,27,31)/t16-,17-/m0/s1. The largest absolute Gasteiger partial charge is 0.495 e. The van der Waals surface area contributed by atoms with E-state index in [-0.39, 0.29) is 29.2 Å². The van der Waals surface area contributed by atoms with Crippen molar-refractivity contribution in [2.24, 2.45) is 0 Å². The maximum absolute atomic E-state index is 13.5. The minimum atomic E-state index is -3.87. The Morgan fingerprint density at radius 2 is 1.74 bits per heavy atom. The highest BCUT2D eigenvalue weighted by Gasteiger charge is 2.31. The van der Waals surface area contributed by atoms with Crippen molar-refractivity contribution in [2.45, 2.75) is 45.8 Å². The van der Waals surface area contributed by atoms with Gasteiger partial charge in [0, 0.05) is 17.6 Å². The number of carbonyl (C=O) groups is 2. The van der Waals surface area contributed by atoms with E-state index in [0.29, 0.717) is 16.3 Å². The molecule has 0 aliphatic carbocycles. The molecule has 0 bridgehead atoms. The van der Waals surface area contributed by atoms with Crippen LogP contribution in [0.2, 0.25) is 10.0 Å². The third-order valence-electron chi connectivity index (χ3n) is 5.57. The highest BCUT2D eigenvalue weighted by atomic mass is 35.5. The van der Waals surface area contributed by atoms with E-state index in [1.165, 1.54) is 30.2 Å². The third-order valence-corrected chi connectivity index (χ3v) is 7.37. The van der Waals surface area contributed by atoms with Crippen LogP contribution in [0.5, 0.6) is 5.75 Å². The molecule has 192 valence electrons. The van der Waals surface area contributed by atoms with Gasteiger partial charge in [-0.25, -0.2) is 8.42 Å². The van der Waals surface area contributed by atoms with Crippen molar-refractivity contribution in [1.82, 2.24) is 10.2 Å². The second kappa shape index (κ2) is 12.5. The summed E-state index contributed by atoms with van der Waals surface area (Å²) in [6.45, 7) is 4.89. The van der Waals surface area contributed by atoms with Crippen LogP contribution in [0.3, 0.4) is 0 Å². The molecule has 0 saturated carbocycles. The van der Waals surface area contributed by atoms with Gasteiger partial charge in [0.2, 0.25) is 21.8 Å². The van der Waals surface area contributed by atoms with Gasteiger partial charge in [-0.3, -0.25) is 13.9 Å². The van der Waals surface area contributed by atoms with Crippen LogP contribution in [0, 0.1) is 0 Å². The molecule has 2 aromatic carbocycles. The fraction of sp³-hybridized carbons (Fsp3) is 0.417. The molecule has 1 N–H and O–H groups in total. The Morgan fingerprint density at radius 3 is 2.29 bits per heavy atom. The molecular formula is C24H31Cl2N3O5S. The second-order valence-electron chi connectivity index (χ2n) is 8.20. The average molecular weight is 545 g/mol. The van der Waals surface area contributed by atoms with Gasteiger partial charge in [0.25, 0.3) is 0 Å². The number of benzene rings is 2. The summed E-state index contributed by atoms with van der Waals surface area (Å²) in [6, 6.07) is 10.4. The smallest absolute Gasteiger partial charge is 0.244 e. The van der Waals surface area contributed by atoms with Crippen LogP contribution in [-0.2, 0) is 26.2 Å². The van der Waals surface area contributed by atoms with Gasteiger partial charge in [-0.05, 0) is 50.1 Å². The number of hydrogen-bond acceptors (Lipinski definition) is 5. The summed E-state index contributed by atoms with van der Waals surface area (Å²) in [6.07, 6.45) is 1.72. The number of ether oxygens (including phenoxy) is 1. The minimum Gasteiger partial charge on any atom is -0.495 e. The molecule has 0 aliphatic rings. The first-order chi connectivity index (χ1) is 16.4. The molecule has 2 rings (SSSR count). The zero-order chi connectivity index (χ0) is 26.3. The van der Waals surface area contributed by atoms with Gasteiger partial charge in [0.05, 0.1) is 24.1 Å². The Labute approximate surface area is 217 Å². The highest BCUT2D eigenvalue weighted by Crippen LogP contribution is 2.30. The topological polar surface area (TPSA) is 96.0 Å². The van der Waals surface area contributed by atoms with Gasteiger partial charge in [0.15, 0.2) is 0 Å². The van der Waals surface area contributed by atoms with E-state index in [2.05, 4.69) is 5.32 Å². The molecule has 0 aliphatic heterocycles. The van der Waals surface area contributed by atoms with Crippen LogP contribution in [-0.4, -0.2) is 57.1 Å². The SMILES string of the molecule is CC[C@H](C)NC(=O)[C@H](C)N(Cc1ccccc1Cl)C(=O)CN(c1ccc(OC)c(Cl)c1)S(C)(=O)=O. The summed E-state index contributed by atoms with van der Waals surface area (Å²) < 4.78 is 31.3. The average Bonchev–Trinajstić information content (AvgIpc) is 2.80. The molecule has 0 spiro atoms. The summed E-state index contributed by atoms with van der Waals surface area (Å²) >= 11 is 12.5. The number of halogens is 2. The van der Waals surface area contributed by atoms with Crippen molar-refractivity contribution in [3.8, 4) is 5.75 Å². The van der Waals surface area contributed by atoms with Crippen LogP contribution >= 0.6 is 23.2 Å². The van der Waals surface area contributed by atoms with Gasteiger partial charge in [-0.2, -0.15) is 0 Å². The first kappa shape index (κ1) is 28.7. The van der Waals surface area contributed by atoms with Crippen LogP contribution in [0.25, 0.3) is 0 Å². The zero-order valence-electron chi connectivity index (χ0n) is 20.4. The van der Waals surface area contributed by atoms with Gasteiger partial charge >= 0.3 is 0 Å². The number of amides is 2. The first-order valence-corrected chi connectivity index (χ1v) is 13.6. The predicted molar refractivity (Wildman–Crippen MR) is 140 cm³/mol. The quantitative estimate of drug-likeness (QED) is 0.460. The number of nitrogens with one attached hydrogen (secondary N) is 1. The van der Waals surface area contributed by atoms with E-state index in [0.717, 1.165) is 17.0 Å². The highest BCUT2D eigenvalue weighted by molar-refractivity contribution is 7.92. The normalized spacial score (nSPS) is 13.0. The zero-order valence-corrected chi connectivity index (χ0v) is 22.7. The minimum absolute atomic E-state index is 0.0224. The van der Waals surface area contributed by atoms with Crippen molar-refractivity contribution in [1.29, 1.82) is 0 Å². The lowest BCUT2D eigenvalue weighted by atomic mass is 10.1. The molecule has 0 unspecified atom stereocenters. The Balaban J connectivity index is 2.43. The Morgan fingerprint density at radius 1 is 1.09 bits per heavy atom. The van der Waals surface area contributed by atoms with Crippen molar-refractivity contribution >= 4 is 50.7 Å². The van der Waals surface area contributed by atoms with Gasteiger partial charge in [0.1, 0.15) is 18.3 Å².